The molecule has 25 heavy (non-hydrogen) atoms. The topological polar surface area (TPSA) is 15.3 Å². The van der Waals surface area contributed by atoms with Gasteiger partial charge in [0.2, 0.25) is 0 Å². The van der Waals surface area contributed by atoms with Crippen molar-refractivity contribution in [3.8, 4) is 0 Å². The molecule has 1 aromatic carbocycles. The first-order valence-electron chi connectivity index (χ1n) is 9.89. The molecule has 0 amide bonds. The highest BCUT2D eigenvalue weighted by Crippen LogP contribution is 2.31. The Labute approximate surface area is 159 Å². The van der Waals surface area contributed by atoms with Crippen molar-refractivity contribution in [1.29, 1.82) is 0 Å². The minimum Gasteiger partial charge on any atom is -0.293 e. The van der Waals surface area contributed by atoms with Crippen molar-refractivity contribution < 1.29 is 0 Å². The average molecular weight is 363 g/mol. The van der Waals surface area contributed by atoms with Crippen LogP contribution in [0.15, 0.2) is 36.4 Å². The fourth-order valence-corrected chi connectivity index (χ4v) is 4.06. The smallest absolute Gasteiger partial charge is 0.0951 e. The molecule has 1 atom stereocenters. The molecule has 2 nitrogen and oxygen atoms in total. The molecule has 3 heteroatoms. The Kier molecular flexibility index (Phi) is 7.99. The van der Waals surface area contributed by atoms with E-state index in [1.807, 2.05) is 12.1 Å². The van der Waals surface area contributed by atoms with Crippen molar-refractivity contribution in [1.82, 2.24) is 10.2 Å². The third kappa shape index (κ3) is 5.57. The van der Waals surface area contributed by atoms with Crippen LogP contribution < -0.4 is 5.32 Å². The Morgan fingerprint density at radius 2 is 1.84 bits per heavy atom. The zero-order valence-corrected chi connectivity index (χ0v) is 17.1. The highest BCUT2D eigenvalue weighted by molar-refractivity contribution is 6.30. The zero-order chi connectivity index (χ0) is 18.3. The fourth-order valence-electron chi connectivity index (χ4n) is 3.93. The van der Waals surface area contributed by atoms with Crippen LogP contribution in [0.4, 0.5) is 0 Å². The molecule has 0 heterocycles. The first-order chi connectivity index (χ1) is 12.0. The summed E-state index contributed by atoms with van der Waals surface area (Å²) in [5.74, 6) is 0.870. The minimum absolute atomic E-state index is 0.175. The van der Waals surface area contributed by atoms with Crippen molar-refractivity contribution in [2.24, 2.45) is 5.92 Å². The summed E-state index contributed by atoms with van der Waals surface area (Å²) in [6.45, 7) is 11.1. The number of hydrogen-bond acceptors (Lipinski definition) is 2. The van der Waals surface area contributed by atoms with Crippen LogP contribution in [0.2, 0.25) is 5.02 Å². The summed E-state index contributed by atoms with van der Waals surface area (Å²) in [4.78, 5) is 2.56. The monoisotopic (exact) mass is 362 g/mol. The van der Waals surface area contributed by atoms with Gasteiger partial charge in [0.05, 0.1) is 5.66 Å². The average Bonchev–Trinajstić information content (AvgIpc) is 2.61. The summed E-state index contributed by atoms with van der Waals surface area (Å²) in [6, 6.07) is 8.97. The van der Waals surface area contributed by atoms with Crippen LogP contribution in [-0.2, 0) is 5.66 Å². The van der Waals surface area contributed by atoms with Crippen molar-refractivity contribution in [3.63, 3.8) is 0 Å². The predicted molar refractivity (Wildman–Crippen MR) is 110 cm³/mol. The van der Waals surface area contributed by atoms with Gasteiger partial charge in [-0.1, -0.05) is 49.7 Å². The Morgan fingerprint density at radius 1 is 1.20 bits per heavy atom. The molecule has 1 aromatic rings. The quantitative estimate of drug-likeness (QED) is 0.452. The van der Waals surface area contributed by atoms with Crippen LogP contribution in [-0.4, -0.2) is 24.0 Å². The van der Waals surface area contributed by atoms with E-state index in [2.05, 4.69) is 62.2 Å². The van der Waals surface area contributed by atoms with E-state index in [0.29, 0.717) is 6.04 Å². The van der Waals surface area contributed by atoms with Gasteiger partial charge in [-0.15, -0.1) is 0 Å². The van der Waals surface area contributed by atoms with Crippen molar-refractivity contribution in [3.05, 3.63) is 47.0 Å². The van der Waals surface area contributed by atoms with Crippen LogP contribution in [0.25, 0.3) is 0 Å². The first kappa shape index (κ1) is 20.5. The van der Waals surface area contributed by atoms with E-state index < -0.39 is 0 Å². The predicted octanol–water partition coefficient (Wildman–Crippen LogP) is 5.97. The molecule has 0 spiro atoms. The number of rotatable bonds is 8. The van der Waals surface area contributed by atoms with Crippen molar-refractivity contribution in [2.45, 2.75) is 71.5 Å². The van der Waals surface area contributed by atoms with Crippen LogP contribution in [0.5, 0.6) is 0 Å². The minimum atomic E-state index is -0.175. The van der Waals surface area contributed by atoms with E-state index in [-0.39, 0.29) is 5.66 Å². The van der Waals surface area contributed by atoms with E-state index in [4.69, 9.17) is 11.6 Å². The second-order valence-corrected chi connectivity index (χ2v) is 8.13. The molecule has 140 valence electrons. The van der Waals surface area contributed by atoms with E-state index >= 15 is 0 Å². The molecule has 0 aliphatic heterocycles. The normalized spacial score (nSPS) is 23.9. The SMILES string of the molecule is CC=CCN(CCC)C(C)(NC1CCC(C)CC1)c1ccc(Cl)cc1. The van der Waals surface area contributed by atoms with Gasteiger partial charge in [-0.05, 0) is 69.6 Å². The maximum atomic E-state index is 6.15. The molecule has 1 saturated carbocycles. The van der Waals surface area contributed by atoms with Gasteiger partial charge in [0.15, 0.2) is 0 Å². The molecule has 1 unspecified atom stereocenters. The van der Waals surface area contributed by atoms with Gasteiger partial charge in [-0.3, -0.25) is 10.2 Å². The molecule has 0 radical (unpaired) electrons. The maximum Gasteiger partial charge on any atom is 0.0951 e. The lowest BCUT2D eigenvalue weighted by molar-refractivity contribution is 0.0574. The number of hydrogen-bond donors (Lipinski definition) is 1. The molecule has 0 aromatic heterocycles. The van der Waals surface area contributed by atoms with Crippen LogP contribution in [0, 0.1) is 5.92 Å². The standard InChI is InChI=1S/C22H35ClN2/c1-5-7-17-25(16-6-2)22(4,19-10-12-20(23)13-11-19)24-21-14-8-18(3)9-15-21/h5,7,10-13,18,21,24H,6,8-9,14-17H2,1-4H3. The van der Waals surface area contributed by atoms with Gasteiger partial charge < -0.3 is 0 Å². The number of benzene rings is 1. The molecular formula is C22H35ClN2. The summed E-state index contributed by atoms with van der Waals surface area (Å²) in [5.41, 5.74) is 1.12. The van der Waals surface area contributed by atoms with E-state index in [1.165, 1.54) is 31.2 Å². The highest BCUT2D eigenvalue weighted by Gasteiger charge is 2.35. The van der Waals surface area contributed by atoms with Gasteiger partial charge in [-0.25, -0.2) is 0 Å². The van der Waals surface area contributed by atoms with Gasteiger partial charge >= 0.3 is 0 Å². The maximum absolute atomic E-state index is 6.15. The highest BCUT2D eigenvalue weighted by atomic mass is 35.5. The summed E-state index contributed by atoms with van der Waals surface area (Å²) in [6.07, 6.45) is 10.8. The third-order valence-corrected chi connectivity index (χ3v) is 5.85. The number of allylic oxidation sites excluding steroid dienone is 1. The zero-order valence-electron chi connectivity index (χ0n) is 16.4. The van der Waals surface area contributed by atoms with Crippen molar-refractivity contribution >= 4 is 11.6 Å². The third-order valence-electron chi connectivity index (χ3n) is 5.59. The lowest BCUT2D eigenvalue weighted by atomic mass is 9.86. The lowest BCUT2D eigenvalue weighted by Gasteiger charge is -2.45. The number of nitrogens with one attached hydrogen (secondary N) is 1. The summed E-state index contributed by atoms with van der Waals surface area (Å²) >= 11 is 6.15. The Balaban J connectivity index is 2.29. The summed E-state index contributed by atoms with van der Waals surface area (Å²) < 4.78 is 0. The molecule has 1 N–H and O–H groups in total. The number of nitrogens with zero attached hydrogens (tertiary/aromatic N) is 1. The fraction of sp³-hybridized carbons (Fsp3) is 0.636. The lowest BCUT2D eigenvalue weighted by Crippen LogP contribution is -2.58. The second kappa shape index (κ2) is 9.75. The first-order valence-corrected chi connectivity index (χ1v) is 10.3. The van der Waals surface area contributed by atoms with E-state index in [0.717, 1.165) is 30.5 Å². The summed E-state index contributed by atoms with van der Waals surface area (Å²) in [5, 5.41) is 4.83. The van der Waals surface area contributed by atoms with Crippen LogP contribution in [0.1, 0.15) is 65.4 Å². The second-order valence-electron chi connectivity index (χ2n) is 7.70. The van der Waals surface area contributed by atoms with Gasteiger partial charge in [0.25, 0.3) is 0 Å². The Hall–Kier alpha value is -0.830. The molecule has 1 fully saturated rings. The largest absolute Gasteiger partial charge is 0.293 e. The molecule has 1 aliphatic rings. The van der Waals surface area contributed by atoms with Crippen molar-refractivity contribution in [2.75, 3.05) is 13.1 Å². The molecular weight excluding hydrogens is 328 g/mol. The summed E-state index contributed by atoms with van der Waals surface area (Å²) in [7, 11) is 0. The molecule has 1 aliphatic carbocycles. The molecule has 2 rings (SSSR count). The molecule has 0 saturated heterocycles. The van der Waals surface area contributed by atoms with E-state index in [9.17, 15) is 0 Å². The Morgan fingerprint density at radius 3 is 2.40 bits per heavy atom. The van der Waals surface area contributed by atoms with Crippen LogP contribution in [0.3, 0.4) is 0 Å². The molecule has 0 bridgehead atoms. The van der Waals surface area contributed by atoms with E-state index in [1.54, 1.807) is 0 Å². The Bertz CT molecular complexity index is 531. The van der Waals surface area contributed by atoms with Crippen LogP contribution >= 0.6 is 11.6 Å². The van der Waals surface area contributed by atoms with Gasteiger partial charge in [0, 0.05) is 24.2 Å². The van der Waals surface area contributed by atoms with Gasteiger partial charge in [0.1, 0.15) is 0 Å². The van der Waals surface area contributed by atoms with Gasteiger partial charge in [-0.2, -0.15) is 0 Å². The number of halogens is 1.